The molecule has 2 aromatic carbocycles. The van der Waals surface area contributed by atoms with E-state index < -0.39 is 6.10 Å². The van der Waals surface area contributed by atoms with Crippen LogP contribution >= 0.6 is 0 Å². The van der Waals surface area contributed by atoms with Crippen molar-refractivity contribution in [2.45, 2.75) is 33.8 Å². The molecule has 6 nitrogen and oxygen atoms in total. The van der Waals surface area contributed by atoms with Crippen molar-refractivity contribution < 1.29 is 9.53 Å². The second kappa shape index (κ2) is 8.22. The molecule has 1 atom stereocenters. The number of aromatic nitrogens is 3. The van der Waals surface area contributed by atoms with E-state index in [1.165, 1.54) is 0 Å². The predicted molar refractivity (Wildman–Crippen MR) is 123 cm³/mol. The average molecular weight is 415 g/mol. The summed E-state index contributed by atoms with van der Waals surface area (Å²) in [5, 5.41) is 8.47. The van der Waals surface area contributed by atoms with Gasteiger partial charge in [0.05, 0.1) is 11.1 Å². The summed E-state index contributed by atoms with van der Waals surface area (Å²) >= 11 is 0. The van der Waals surface area contributed by atoms with Crippen molar-refractivity contribution in [2.75, 3.05) is 5.32 Å². The lowest BCUT2D eigenvalue weighted by Crippen LogP contribution is -2.30. The molecule has 0 unspecified atom stereocenters. The number of aryl methyl sites for hydroxylation is 3. The van der Waals surface area contributed by atoms with Crippen LogP contribution in [-0.4, -0.2) is 26.8 Å². The molecule has 0 radical (unpaired) electrons. The van der Waals surface area contributed by atoms with Crippen LogP contribution < -0.4 is 10.1 Å². The Hall–Kier alpha value is -3.67. The summed E-state index contributed by atoms with van der Waals surface area (Å²) in [7, 11) is 1.86. The van der Waals surface area contributed by atoms with Crippen LogP contribution in [0.3, 0.4) is 0 Å². The molecule has 1 amide bonds. The Morgan fingerprint density at radius 1 is 1.06 bits per heavy atom. The van der Waals surface area contributed by atoms with Crippen molar-refractivity contribution in [3.8, 4) is 17.0 Å². The molecule has 2 heterocycles. The summed E-state index contributed by atoms with van der Waals surface area (Å²) in [4.78, 5) is 17.4. The number of carbonyl (C=O) groups excluding carboxylic acids is 1. The molecule has 0 aliphatic carbocycles. The number of anilines is 1. The SMILES string of the molecule is Cc1cccc(NC(=O)[C@H](C)Oc2cc(-c3ccccc3)c3c(C)nn(C)c3n2)c1C. The zero-order valence-corrected chi connectivity index (χ0v) is 18.4. The first-order valence-corrected chi connectivity index (χ1v) is 10.3. The fourth-order valence-electron chi connectivity index (χ4n) is 3.68. The van der Waals surface area contributed by atoms with Gasteiger partial charge < -0.3 is 10.1 Å². The molecule has 0 saturated carbocycles. The number of pyridine rings is 1. The van der Waals surface area contributed by atoms with E-state index in [9.17, 15) is 4.79 Å². The smallest absolute Gasteiger partial charge is 0.265 e. The Morgan fingerprint density at radius 3 is 2.55 bits per heavy atom. The van der Waals surface area contributed by atoms with Gasteiger partial charge >= 0.3 is 0 Å². The number of nitrogens with zero attached hydrogens (tertiary/aromatic N) is 3. The first-order chi connectivity index (χ1) is 14.8. The summed E-state index contributed by atoms with van der Waals surface area (Å²) in [5.41, 5.74) is 6.59. The summed E-state index contributed by atoms with van der Waals surface area (Å²) in [6, 6.07) is 17.8. The van der Waals surface area contributed by atoms with Crippen LogP contribution in [0, 0.1) is 20.8 Å². The molecule has 31 heavy (non-hydrogen) atoms. The number of carbonyl (C=O) groups is 1. The third kappa shape index (κ3) is 4.01. The molecule has 0 fully saturated rings. The molecular formula is C25H26N4O2. The normalized spacial score (nSPS) is 12.0. The van der Waals surface area contributed by atoms with Crippen molar-refractivity contribution in [1.82, 2.24) is 14.8 Å². The molecule has 0 bridgehead atoms. The second-order valence-electron chi connectivity index (χ2n) is 7.78. The van der Waals surface area contributed by atoms with E-state index >= 15 is 0 Å². The quantitative estimate of drug-likeness (QED) is 0.501. The zero-order chi connectivity index (χ0) is 22.1. The van der Waals surface area contributed by atoms with Gasteiger partial charge in [0.1, 0.15) is 0 Å². The highest BCUT2D eigenvalue weighted by Crippen LogP contribution is 2.33. The number of fused-ring (bicyclic) bond motifs is 1. The Balaban J connectivity index is 1.66. The molecule has 4 aromatic rings. The molecule has 6 heteroatoms. The maximum absolute atomic E-state index is 12.8. The zero-order valence-electron chi connectivity index (χ0n) is 18.4. The summed E-state index contributed by atoms with van der Waals surface area (Å²) < 4.78 is 7.73. The van der Waals surface area contributed by atoms with E-state index in [1.807, 2.05) is 82.4 Å². The first kappa shape index (κ1) is 20.6. The van der Waals surface area contributed by atoms with E-state index in [0.29, 0.717) is 5.88 Å². The number of nitrogens with one attached hydrogen (secondary N) is 1. The molecule has 0 aliphatic heterocycles. The summed E-state index contributed by atoms with van der Waals surface area (Å²) in [6.07, 6.45) is -0.720. The molecule has 2 aromatic heterocycles. The monoisotopic (exact) mass is 414 g/mol. The number of hydrogen-bond acceptors (Lipinski definition) is 4. The van der Waals surface area contributed by atoms with Crippen LogP contribution in [-0.2, 0) is 11.8 Å². The van der Waals surface area contributed by atoms with Gasteiger partial charge in [0.2, 0.25) is 5.88 Å². The summed E-state index contributed by atoms with van der Waals surface area (Å²) in [6.45, 7) is 7.70. The van der Waals surface area contributed by atoms with Gasteiger partial charge in [-0.25, -0.2) is 0 Å². The molecule has 0 spiro atoms. The van der Waals surface area contributed by atoms with E-state index in [4.69, 9.17) is 4.74 Å². The van der Waals surface area contributed by atoms with Crippen LogP contribution in [0.25, 0.3) is 22.2 Å². The topological polar surface area (TPSA) is 69.0 Å². The Bertz CT molecular complexity index is 1260. The number of rotatable bonds is 5. The highest BCUT2D eigenvalue weighted by Gasteiger charge is 2.20. The van der Waals surface area contributed by atoms with Gasteiger partial charge in [-0.15, -0.1) is 0 Å². The van der Waals surface area contributed by atoms with E-state index in [2.05, 4.69) is 15.4 Å². The molecule has 1 N–H and O–H groups in total. The van der Waals surface area contributed by atoms with Gasteiger partial charge in [0.25, 0.3) is 5.91 Å². The standard InChI is InChI=1S/C25H26N4O2/c1-15-10-9-13-21(16(15)2)26-25(30)18(4)31-22-14-20(19-11-7-6-8-12-19)23-17(3)28-29(5)24(23)27-22/h6-14,18H,1-5H3,(H,26,30)/t18-/m0/s1. The highest BCUT2D eigenvalue weighted by atomic mass is 16.5. The lowest BCUT2D eigenvalue weighted by Gasteiger charge is -2.17. The van der Waals surface area contributed by atoms with Gasteiger partial charge in [0, 0.05) is 18.8 Å². The minimum atomic E-state index is -0.720. The molecular weight excluding hydrogens is 388 g/mol. The van der Waals surface area contributed by atoms with Crippen molar-refractivity contribution in [1.29, 1.82) is 0 Å². The van der Waals surface area contributed by atoms with Gasteiger partial charge in [-0.2, -0.15) is 10.1 Å². The van der Waals surface area contributed by atoms with Gasteiger partial charge in [-0.1, -0.05) is 42.5 Å². The van der Waals surface area contributed by atoms with Crippen molar-refractivity contribution >= 4 is 22.6 Å². The number of amides is 1. The van der Waals surface area contributed by atoms with Crippen molar-refractivity contribution in [2.24, 2.45) is 7.05 Å². The van der Waals surface area contributed by atoms with Gasteiger partial charge in [-0.05, 0) is 56.0 Å². The molecule has 0 aliphatic rings. The molecule has 4 rings (SSSR count). The lowest BCUT2D eigenvalue weighted by atomic mass is 10.0. The van der Waals surface area contributed by atoms with Crippen LogP contribution in [0.1, 0.15) is 23.7 Å². The molecule has 0 saturated heterocycles. The maximum Gasteiger partial charge on any atom is 0.265 e. The van der Waals surface area contributed by atoms with Crippen molar-refractivity contribution in [3.63, 3.8) is 0 Å². The van der Waals surface area contributed by atoms with E-state index in [0.717, 1.165) is 44.7 Å². The number of hydrogen-bond donors (Lipinski definition) is 1. The highest BCUT2D eigenvalue weighted by molar-refractivity contribution is 5.96. The van der Waals surface area contributed by atoms with E-state index in [1.54, 1.807) is 11.6 Å². The molecule has 158 valence electrons. The van der Waals surface area contributed by atoms with Crippen LogP contribution in [0.4, 0.5) is 5.69 Å². The van der Waals surface area contributed by atoms with Gasteiger partial charge in [-0.3, -0.25) is 9.48 Å². The fraction of sp³-hybridized carbons (Fsp3) is 0.240. The lowest BCUT2D eigenvalue weighted by molar-refractivity contribution is -0.122. The van der Waals surface area contributed by atoms with Gasteiger partial charge in [0.15, 0.2) is 11.8 Å². The Labute approximate surface area is 181 Å². The maximum atomic E-state index is 12.8. The summed E-state index contributed by atoms with van der Waals surface area (Å²) in [5.74, 6) is 0.163. The Morgan fingerprint density at radius 2 is 1.81 bits per heavy atom. The number of ether oxygens (including phenoxy) is 1. The Kier molecular flexibility index (Phi) is 5.46. The third-order valence-corrected chi connectivity index (χ3v) is 5.56. The van der Waals surface area contributed by atoms with E-state index in [-0.39, 0.29) is 5.91 Å². The largest absolute Gasteiger partial charge is 0.464 e. The average Bonchev–Trinajstić information content (AvgIpc) is 3.05. The fourth-order valence-corrected chi connectivity index (χ4v) is 3.68. The minimum Gasteiger partial charge on any atom is -0.464 e. The first-order valence-electron chi connectivity index (χ1n) is 10.3. The second-order valence-corrected chi connectivity index (χ2v) is 7.78. The van der Waals surface area contributed by atoms with Crippen LogP contribution in [0.5, 0.6) is 5.88 Å². The van der Waals surface area contributed by atoms with Crippen LogP contribution in [0.2, 0.25) is 0 Å². The van der Waals surface area contributed by atoms with Crippen molar-refractivity contribution in [3.05, 3.63) is 71.4 Å². The number of benzene rings is 2. The minimum absolute atomic E-state index is 0.224. The van der Waals surface area contributed by atoms with Crippen LogP contribution in [0.15, 0.2) is 54.6 Å². The predicted octanol–water partition coefficient (Wildman–Crippen LogP) is 4.97. The third-order valence-electron chi connectivity index (χ3n) is 5.56.